The number of aryl methyl sites for hydroxylation is 1. The molecule has 5 heterocycles. The van der Waals surface area contributed by atoms with E-state index >= 15 is 0 Å². The minimum Gasteiger partial charge on any atom is -0.484 e. The molecule has 6 rings (SSSR count). The number of nitrogens with zero attached hydrogens (tertiary/aromatic N) is 7. The third-order valence-electron chi connectivity index (χ3n) is 6.66. The van der Waals surface area contributed by atoms with Gasteiger partial charge in [0.1, 0.15) is 36.1 Å². The number of ether oxygens (including phenoxy) is 3. The van der Waals surface area contributed by atoms with Gasteiger partial charge >= 0.3 is 0 Å². The highest BCUT2D eigenvalue weighted by molar-refractivity contribution is 5.96. The molecule has 0 atom stereocenters. The number of methoxy groups -OCH3 is 1. The summed E-state index contributed by atoms with van der Waals surface area (Å²) in [4.78, 5) is 19.9. The second-order valence-corrected chi connectivity index (χ2v) is 9.33. The predicted octanol–water partition coefficient (Wildman–Crippen LogP) is 4.39. The third kappa shape index (κ3) is 4.75. The maximum absolute atomic E-state index is 6.49. The van der Waals surface area contributed by atoms with Crippen LogP contribution in [0.3, 0.4) is 0 Å². The topological polar surface area (TPSA) is 112 Å². The van der Waals surface area contributed by atoms with Crippen molar-refractivity contribution in [1.29, 1.82) is 0 Å². The number of benzene rings is 1. The van der Waals surface area contributed by atoms with E-state index in [1.807, 2.05) is 43.5 Å². The van der Waals surface area contributed by atoms with Gasteiger partial charge in [0.2, 0.25) is 0 Å². The van der Waals surface area contributed by atoms with Crippen LogP contribution in [0.5, 0.6) is 23.1 Å². The van der Waals surface area contributed by atoms with Gasteiger partial charge in [-0.3, -0.25) is 0 Å². The van der Waals surface area contributed by atoms with E-state index in [9.17, 15) is 0 Å². The molecule has 11 heteroatoms. The Morgan fingerprint density at radius 1 is 1.00 bits per heavy atom. The van der Waals surface area contributed by atoms with E-state index in [4.69, 9.17) is 14.2 Å². The monoisotopic (exact) mass is 512 g/mol. The number of aromatic nitrogens is 6. The van der Waals surface area contributed by atoms with E-state index in [1.165, 1.54) is 12.7 Å². The Kier molecular flexibility index (Phi) is 6.34. The van der Waals surface area contributed by atoms with E-state index in [1.54, 1.807) is 17.8 Å². The summed E-state index contributed by atoms with van der Waals surface area (Å²) >= 11 is 0. The summed E-state index contributed by atoms with van der Waals surface area (Å²) < 4.78 is 19.9. The van der Waals surface area contributed by atoms with Crippen molar-refractivity contribution in [3.8, 4) is 23.1 Å². The van der Waals surface area contributed by atoms with Crippen LogP contribution in [0, 0.1) is 6.92 Å². The average Bonchev–Trinajstić information content (AvgIpc) is 3.40. The van der Waals surface area contributed by atoms with E-state index in [2.05, 4.69) is 42.3 Å². The standard InChI is InChI=1S/C27H28N8O3/c1-17-12-18(4-5-22(17)37-20-8-11-35-23(13-20)30-16-32-35)33-26-24-21(29-15-31-26)14-28-27(36-3)25(24)38-19-6-9-34(2)10-7-19/h4-5,8,11-16,19H,6-7,9-10H2,1-3H3,(H,29,31,33). The van der Waals surface area contributed by atoms with Gasteiger partial charge in [-0.05, 0) is 56.6 Å². The van der Waals surface area contributed by atoms with Gasteiger partial charge in [0.25, 0.3) is 5.88 Å². The largest absolute Gasteiger partial charge is 0.484 e. The lowest BCUT2D eigenvalue weighted by Gasteiger charge is -2.30. The van der Waals surface area contributed by atoms with E-state index < -0.39 is 0 Å². The van der Waals surface area contributed by atoms with Gasteiger partial charge in [0, 0.05) is 31.0 Å². The van der Waals surface area contributed by atoms with Crippen molar-refractivity contribution in [2.24, 2.45) is 0 Å². The summed E-state index contributed by atoms with van der Waals surface area (Å²) in [5, 5.41) is 8.29. The van der Waals surface area contributed by atoms with Gasteiger partial charge in [0.15, 0.2) is 11.4 Å². The molecule has 1 aromatic carbocycles. The maximum Gasteiger partial charge on any atom is 0.257 e. The van der Waals surface area contributed by atoms with Gasteiger partial charge in [-0.25, -0.2) is 24.5 Å². The van der Waals surface area contributed by atoms with Crippen molar-refractivity contribution < 1.29 is 14.2 Å². The van der Waals surface area contributed by atoms with Crippen molar-refractivity contribution in [3.05, 3.63) is 60.9 Å². The molecule has 1 aliphatic rings. The minimum absolute atomic E-state index is 0.0659. The molecule has 0 unspecified atom stereocenters. The van der Waals surface area contributed by atoms with Crippen molar-refractivity contribution >= 4 is 28.1 Å². The summed E-state index contributed by atoms with van der Waals surface area (Å²) in [5.74, 6) is 3.02. The molecule has 0 bridgehead atoms. The molecule has 0 radical (unpaired) electrons. The molecular formula is C27H28N8O3. The second-order valence-electron chi connectivity index (χ2n) is 9.33. The van der Waals surface area contributed by atoms with Gasteiger partial charge in [-0.15, -0.1) is 0 Å². The zero-order chi connectivity index (χ0) is 26.1. The van der Waals surface area contributed by atoms with Crippen LogP contribution in [-0.2, 0) is 0 Å². The molecule has 194 valence electrons. The first-order chi connectivity index (χ1) is 18.6. The van der Waals surface area contributed by atoms with Crippen LogP contribution in [-0.4, -0.2) is 67.8 Å². The van der Waals surface area contributed by atoms with Gasteiger partial charge < -0.3 is 24.4 Å². The molecule has 0 aliphatic carbocycles. The van der Waals surface area contributed by atoms with Crippen LogP contribution in [0.1, 0.15) is 18.4 Å². The highest BCUT2D eigenvalue weighted by Gasteiger charge is 2.24. The zero-order valence-electron chi connectivity index (χ0n) is 21.5. The number of rotatable bonds is 7. The highest BCUT2D eigenvalue weighted by Crippen LogP contribution is 2.39. The normalized spacial score (nSPS) is 14.6. The van der Waals surface area contributed by atoms with Crippen LogP contribution in [0.2, 0.25) is 0 Å². The van der Waals surface area contributed by atoms with E-state index in [0.717, 1.165) is 54.0 Å². The fraction of sp³-hybridized carbons (Fsp3) is 0.296. The first-order valence-corrected chi connectivity index (χ1v) is 12.4. The Labute approximate surface area is 219 Å². The Morgan fingerprint density at radius 3 is 2.68 bits per heavy atom. The Hall–Kier alpha value is -4.51. The molecule has 0 spiro atoms. The molecule has 0 amide bonds. The number of fused-ring (bicyclic) bond motifs is 2. The molecule has 1 fully saturated rings. The molecule has 0 saturated carbocycles. The van der Waals surface area contributed by atoms with E-state index in [-0.39, 0.29) is 6.10 Å². The highest BCUT2D eigenvalue weighted by atomic mass is 16.5. The van der Waals surface area contributed by atoms with Gasteiger partial charge in [-0.2, -0.15) is 5.10 Å². The number of anilines is 2. The molecule has 38 heavy (non-hydrogen) atoms. The number of pyridine rings is 2. The van der Waals surface area contributed by atoms with E-state index in [0.29, 0.717) is 28.7 Å². The lowest BCUT2D eigenvalue weighted by molar-refractivity contribution is 0.112. The Morgan fingerprint density at radius 2 is 1.87 bits per heavy atom. The van der Waals surface area contributed by atoms with Crippen LogP contribution in [0.25, 0.3) is 16.6 Å². The quantitative estimate of drug-likeness (QED) is 0.337. The zero-order valence-corrected chi connectivity index (χ0v) is 21.5. The number of hydrogen-bond donors (Lipinski definition) is 1. The molecule has 11 nitrogen and oxygen atoms in total. The average molecular weight is 513 g/mol. The number of piperidine rings is 1. The minimum atomic E-state index is 0.0659. The molecule has 1 N–H and O–H groups in total. The third-order valence-corrected chi connectivity index (χ3v) is 6.66. The first kappa shape index (κ1) is 23.9. The van der Waals surface area contributed by atoms with Crippen molar-refractivity contribution in [2.75, 3.05) is 32.6 Å². The summed E-state index contributed by atoms with van der Waals surface area (Å²) in [5.41, 5.74) is 3.20. The smallest absolute Gasteiger partial charge is 0.257 e. The summed E-state index contributed by atoms with van der Waals surface area (Å²) in [6.45, 7) is 3.95. The van der Waals surface area contributed by atoms with Crippen LogP contribution < -0.4 is 19.5 Å². The maximum atomic E-state index is 6.49. The van der Waals surface area contributed by atoms with Crippen molar-refractivity contribution in [1.82, 2.24) is 34.4 Å². The number of nitrogens with one attached hydrogen (secondary N) is 1. The summed E-state index contributed by atoms with van der Waals surface area (Å²) in [6.07, 6.45) is 8.44. The Balaban J connectivity index is 1.29. The molecule has 1 saturated heterocycles. The van der Waals surface area contributed by atoms with Crippen LogP contribution in [0.4, 0.5) is 11.5 Å². The SMILES string of the molecule is COc1ncc2ncnc(Nc3ccc(Oc4ccn5ncnc5c4)c(C)c3)c2c1OC1CCN(C)CC1. The molecular weight excluding hydrogens is 484 g/mol. The molecule has 4 aromatic heterocycles. The lowest BCUT2D eigenvalue weighted by Crippen LogP contribution is -2.35. The fourth-order valence-electron chi connectivity index (χ4n) is 4.59. The Bertz CT molecular complexity index is 1600. The first-order valence-electron chi connectivity index (χ1n) is 12.4. The molecule has 5 aromatic rings. The summed E-state index contributed by atoms with van der Waals surface area (Å²) in [7, 11) is 3.72. The van der Waals surface area contributed by atoms with Crippen molar-refractivity contribution in [3.63, 3.8) is 0 Å². The van der Waals surface area contributed by atoms with Gasteiger partial charge in [-0.1, -0.05) is 0 Å². The van der Waals surface area contributed by atoms with Gasteiger partial charge in [0.05, 0.1) is 24.2 Å². The predicted molar refractivity (Wildman–Crippen MR) is 143 cm³/mol. The summed E-state index contributed by atoms with van der Waals surface area (Å²) in [6, 6.07) is 9.58. The second kappa shape index (κ2) is 10.1. The number of likely N-dealkylation sites (tertiary alicyclic amines) is 1. The van der Waals surface area contributed by atoms with Crippen LogP contribution in [0.15, 0.2) is 55.4 Å². The lowest BCUT2D eigenvalue weighted by atomic mass is 10.1. The number of hydrogen-bond acceptors (Lipinski definition) is 10. The fourth-order valence-corrected chi connectivity index (χ4v) is 4.59. The molecule has 1 aliphatic heterocycles. The van der Waals surface area contributed by atoms with Crippen molar-refractivity contribution in [2.45, 2.75) is 25.9 Å². The van der Waals surface area contributed by atoms with Crippen LogP contribution >= 0.6 is 0 Å².